The van der Waals surface area contributed by atoms with E-state index in [0.29, 0.717) is 11.4 Å². The number of esters is 1. The summed E-state index contributed by atoms with van der Waals surface area (Å²) in [5.41, 5.74) is 1.79. The molecule has 0 saturated carbocycles. The topological polar surface area (TPSA) is 47.0 Å². The second-order valence-corrected chi connectivity index (χ2v) is 5.19. The van der Waals surface area contributed by atoms with E-state index in [4.69, 9.17) is 17.0 Å². The predicted molar refractivity (Wildman–Crippen MR) is 76.2 cm³/mol. The normalized spacial score (nSPS) is 12.6. The van der Waals surface area contributed by atoms with E-state index in [2.05, 4.69) is 20.9 Å². The maximum atomic E-state index is 11.8. The van der Waals surface area contributed by atoms with E-state index in [-0.39, 0.29) is 5.97 Å². The average molecular weight is 329 g/mol. The van der Waals surface area contributed by atoms with E-state index >= 15 is 0 Å². The van der Waals surface area contributed by atoms with Crippen molar-refractivity contribution in [2.75, 3.05) is 6.61 Å². The predicted octanol–water partition coefficient (Wildman–Crippen LogP) is 3.59. The molecule has 4 nitrogen and oxygen atoms in total. The van der Waals surface area contributed by atoms with Crippen LogP contribution in [0.3, 0.4) is 0 Å². The molecule has 96 valence electrons. The van der Waals surface area contributed by atoms with Crippen LogP contribution in [0, 0.1) is 4.77 Å². The summed E-state index contributed by atoms with van der Waals surface area (Å²) >= 11 is 8.68. The summed E-state index contributed by atoms with van der Waals surface area (Å²) < 4.78 is 8.26. The Hall–Kier alpha value is -1.14. The summed E-state index contributed by atoms with van der Waals surface area (Å²) in [6.45, 7) is 3.93. The van der Waals surface area contributed by atoms with Crippen molar-refractivity contribution in [2.24, 2.45) is 0 Å². The van der Waals surface area contributed by atoms with Gasteiger partial charge in [0.15, 0.2) is 4.77 Å². The van der Waals surface area contributed by atoms with Crippen LogP contribution in [0.4, 0.5) is 0 Å². The van der Waals surface area contributed by atoms with E-state index in [1.807, 2.05) is 18.2 Å². The number of hydrogen-bond acceptors (Lipinski definition) is 3. The average Bonchev–Trinajstić information content (AvgIpc) is 2.64. The maximum Gasteiger partial charge on any atom is 0.328 e. The molecule has 2 aromatic rings. The van der Waals surface area contributed by atoms with Gasteiger partial charge in [-0.25, -0.2) is 4.79 Å². The van der Waals surface area contributed by atoms with Gasteiger partial charge in [0.2, 0.25) is 0 Å². The molecule has 1 atom stereocenters. The number of carbonyl (C=O) groups is 1. The molecule has 0 radical (unpaired) electrons. The Kier molecular flexibility index (Phi) is 3.87. The van der Waals surface area contributed by atoms with Crippen LogP contribution in [0.15, 0.2) is 22.7 Å². The van der Waals surface area contributed by atoms with Gasteiger partial charge in [-0.15, -0.1) is 0 Å². The molecule has 0 spiro atoms. The highest BCUT2D eigenvalue weighted by Crippen LogP contribution is 2.23. The molecule has 18 heavy (non-hydrogen) atoms. The smallest absolute Gasteiger partial charge is 0.328 e. The molecule has 1 aromatic heterocycles. The van der Waals surface area contributed by atoms with E-state index in [1.54, 1.807) is 18.4 Å². The first-order chi connectivity index (χ1) is 8.54. The molecule has 0 saturated heterocycles. The van der Waals surface area contributed by atoms with Crippen LogP contribution in [0.25, 0.3) is 11.0 Å². The molecular formula is C12H13BrN2O2S. The van der Waals surface area contributed by atoms with Gasteiger partial charge in [-0.05, 0) is 44.3 Å². The first kappa shape index (κ1) is 13.3. The molecule has 0 aliphatic rings. The van der Waals surface area contributed by atoms with Crippen molar-refractivity contribution >= 4 is 45.2 Å². The van der Waals surface area contributed by atoms with Crippen LogP contribution >= 0.6 is 28.1 Å². The van der Waals surface area contributed by atoms with Crippen molar-refractivity contribution in [3.8, 4) is 0 Å². The van der Waals surface area contributed by atoms with Crippen molar-refractivity contribution in [1.29, 1.82) is 0 Å². The third-order valence-electron chi connectivity index (χ3n) is 2.69. The number of halogens is 1. The fourth-order valence-corrected chi connectivity index (χ4v) is 2.56. The third kappa shape index (κ3) is 2.35. The van der Waals surface area contributed by atoms with E-state index in [0.717, 1.165) is 15.5 Å². The van der Waals surface area contributed by atoms with Crippen molar-refractivity contribution in [1.82, 2.24) is 9.55 Å². The summed E-state index contributed by atoms with van der Waals surface area (Å²) in [6, 6.07) is 5.33. The largest absolute Gasteiger partial charge is 0.464 e. The number of H-pyrrole nitrogens is 1. The second kappa shape index (κ2) is 5.24. The van der Waals surface area contributed by atoms with Gasteiger partial charge in [-0.2, -0.15) is 0 Å². The molecular weight excluding hydrogens is 316 g/mol. The van der Waals surface area contributed by atoms with Gasteiger partial charge < -0.3 is 14.3 Å². The number of ether oxygens (including phenoxy) is 1. The van der Waals surface area contributed by atoms with Crippen LogP contribution in [0.5, 0.6) is 0 Å². The maximum absolute atomic E-state index is 11.8. The second-order valence-electron chi connectivity index (χ2n) is 3.89. The number of nitrogens with one attached hydrogen (secondary N) is 1. The number of imidazole rings is 1. The molecule has 0 fully saturated rings. The summed E-state index contributed by atoms with van der Waals surface area (Å²) in [5, 5.41) is 0. The number of carbonyl (C=O) groups excluding carboxylic acids is 1. The molecule has 0 bridgehead atoms. The van der Waals surface area contributed by atoms with Crippen molar-refractivity contribution in [3.63, 3.8) is 0 Å². The number of aromatic amines is 1. The number of aromatic nitrogens is 2. The molecule has 6 heteroatoms. The summed E-state index contributed by atoms with van der Waals surface area (Å²) in [5.74, 6) is -0.283. The van der Waals surface area contributed by atoms with Gasteiger partial charge in [0, 0.05) is 4.47 Å². The van der Waals surface area contributed by atoms with Crippen LogP contribution in [0.1, 0.15) is 19.9 Å². The number of hydrogen-bond donors (Lipinski definition) is 1. The SMILES string of the molecule is CCOC(=O)C(C)n1c(=S)[nH]c2ccc(Br)cc21. The molecule has 1 heterocycles. The van der Waals surface area contributed by atoms with Crippen LogP contribution in [-0.4, -0.2) is 22.1 Å². The van der Waals surface area contributed by atoms with Gasteiger partial charge in [-0.1, -0.05) is 15.9 Å². The lowest BCUT2D eigenvalue weighted by atomic mass is 10.3. The molecule has 0 aliphatic heterocycles. The number of fused-ring (bicyclic) bond motifs is 1. The number of rotatable bonds is 3. The Labute approximate surface area is 118 Å². The quantitative estimate of drug-likeness (QED) is 0.691. The zero-order chi connectivity index (χ0) is 13.3. The molecule has 2 rings (SSSR count). The highest BCUT2D eigenvalue weighted by molar-refractivity contribution is 9.10. The molecule has 1 N–H and O–H groups in total. The van der Waals surface area contributed by atoms with Crippen molar-refractivity contribution in [2.45, 2.75) is 19.9 Å². The Morgan fingerprint density at radius 1 is 1.61 bits per heavy atom. The molecule has 0 aliphatic carbocycles. The lowest BCUT2D eigenvalue weighted by molar-refractivity contribution is -0.146. The molecule has 0 amide bonds. The van der Waals surface area contributed by atoms with Crippen molar-refractivity contribution in [3.05, 3.63) is 27.4 Å². The number of benzene rings is 1. The Bertz CT molecular complexity index is 647. The minimum atomic E-state index is -0.444. The van der Waals surface area contributed by atoms with Gasteiger partial charge in [0.25, 0.3) is 0 Å². The zero-order valence-electron chi connectivity index (χ0n) is 10.1. The van der Waals surface area contributed by atoms with E-state index in [1.165, 1.54) is 0 Å². The minimum Gasteiger partial charge on any atom is -0.464 e. The first-order valence-corrected chi connectivity index (χ1v) is 6.81. The number of nitrogens with zero attached hydrogens (tertiary/aromatic N) is 1. The highest BCUT2D eigenvalue weighted by atomic mass is 79.9. The highest BCUT2D eigenvalue weighted by Gasteiger charge is 2.19. The van der Waals surface area contributed by atoms with Crippen LogP contribution < -0.4 is 0 Å². The third-order valence-corrected chi connectivity index (χ3v) is 3.49. The first-order valence-electron chi connectivity index (χ1n) is 5.61. The van der Waals surface area contributed by atoms with E-state index < -0.39 is 6.04 Å². The summed E-state index contributed by atoms with van der Waals surface area (Å²) in [4.78, 5) is 14.9. The van der Waals surface area contributed by atoms with Crippen LogP contribution in [0.2, 0.25) is 0 Å². The van der Waals surface area contributed by atoms with Crippen LogP contribution in [-0.2, 0) is 9.53 Å². The van der Waals surface area contributed by atoms with Gasteiger partial charge >= 0.3 is 5.97 Å². The Morgan fingerprint density at radius 3 is 3.00 bits per heavy atom. The lowest BCUT2D eigenvalue weighted by Gasteiger charge is -2.13. The standard InChI is InChI=1S/C12H13BrN2O2S/c1-3-17-11(16)7(2)15-10-6-8(13)4-5-9(10)14-12(15)18/h4-7H,3H2,1-2H3,(H,14,18). The fourth-order valence-electron chi connectivity index (χ4n) is 1.85. The Morgan fingerprint density at radius 2 is 2.33 bits per heavy atom. The fraction of sp³-hybridized carbons (Fsp3) is 0.333. The van der Waals surface area contributed by atoms with Gasteiger partial charge in [0.05, 0.1) is 17.6 Å². The summed E-state index contributed by atoms with van der Waals surface area (Å²) in [6.07, 6.45) is 0. The lowest BCUT2D eigenvalue weighted by Crippen LogP contribution is -2.19. The zero-order valence-corrected chi connectivity index (χ0v) is 12.5. The molecule has 1 aromatic carbocycles. The van der Waals surface area contributed by atoms with Crippen molar-refractivity contribution < 1.29 is 9.53 Å². The van der Waals surface area contributed by atoms with Gasteiger partial charge in [-0.3, -0.25) is 0 Å². The minimum absolute atomic E-state index is 0.283. The summed E-state index contributed by atoms with van der Waals surface area (Å²) in [7, 11) is 0. The van der Waals surface area contributed by atoms with Gasteiger partial charge in [0.1, 0.15) is 6.04 Å². The van der Waals surface area contributed by atoms with E-state index in [9.17, 15) is 4.79 Å². The monoisotopic (exact) mass is 328 g/mol. The molecule has 1 unspecified atom stereocenters. The Balaban J connectivity index is 2.56.